The van der Waals surface area contributed by atoms with Crippen molar-refractivity contribution in [3.63, 3.8) is 0 Å². The number of amides is 1. The van der Waals surface area contributed by atoms with Crippen molar-refractivity contribution in [3.8, 4) is 0 Å². The van der Waals surface area contributed by atoms with Crippen LogP contribution in [0.25, 0.3) is 0 Å². The van der Waals surface area contributed by atoms with Gasteiger partial charge in [0.15, 0.2) is 0 Å². The Hall–Kier alpha value is -0.480. The fraction of sp³-hybridized carbons (Fsp3) is 0.500. The zero-order chi connectivity index (χ0) is 13.7. The van der Waals surface area contributed by atoms with Crippen molar-refractivity contribution in [2.75, 3.05) is 19.6 Å². The highest BCUT2D eigenvalue weighted by Gasteiger charge is 2.20. The first-order valence-corrected chi connectivity index (χ1v) is 7.35. The second-order valence-corrected chi connectivity index (χ2v) is 5.58. The molecule has 1 aromatic carbocycles. The lowest BCUT2D eigenvalue weighted by molar-refractivity contribution is -0.125. The second kappa shape index (κ2) is 8.73. The van der Waals surface area contributed by atoms with Gasteiger partial charge in [-0.1, -0.05) is 29.3 Å². The highest BCUT2D eigenvalue weighted by atomic mass is 35.5. The van der Waals surface area contributed by atoms with E-state index >= 15 is 0 Å². The molecule has 0 aliphatic carbocycles. The molecular weight excluding hydrogens is 319 g/mol. The molecule has 1 amide bonds. The molecule has 2 rings (SSSR count). The molecule has 1 aliphatic rings. The SMILES string of the molecule is Cl.O=C(NCCc1c(Cl)cccc1Cl)C1CCNCC1. The maximum atomic E-state index is 12.0. The Morgan fingerprint density at radius 2 is 1.85 bits per heavy atom. The highest BCUT2D eigenvalue weighted by molar-refractivity contribution is 6.35. The van der Waals surface area contributed by atoms with Gasteiger partial charge in [0.25, 0.3) is 0 Å². The molecule has 112 valence electrons. The molecule has 0 saturated carbocycles. The zero-order valence-electron chi connectivity index (χ0n) is 11.1. The van der Waals surface area contributed by atoms with Crippen LogP contribution in [0.2, 0.25) is 10.0 Å². The smallest absolute Gasteiger partial charge is 0.223 e. The minimum atomic E-state index is 0. The predicted octanol–water partition coefficient (Wildman–Crippen LogP) is 3.07. The number of rotatable bonds is 4. The third kappa shape index (κ3) is 4.81. The van der Waals surface area contributed by atoms with E-state index in [9.17, 15) is 4.79 Å². The summed E-state index contributed by atoms with van der Waals surface area (Å²) in [6, 6.07) is 5.45. The van der Waals surface area contributed by atoms with Crippen molar-refractivity contribution in [3.05, 3.63) is 33.8 Å². The molecule has 0 spiro atoms. The number of carbonyl (C=O) groups is 1. The van der Waals surface area contributed by atoms with Gasteiger partial charge in [0.2, 0.25) is 5.91 Å². The summed E-state index contributed by atoms with van der Waals surface area (Å²) >= 11 is 12.2. The first kappa shape index (κ1) is 17.6. The number of piperidine rings is 1. The number of hydrogen-bond acceptors (Lipinski definition) is 2. The standard InChI is InChI=1S/C14H18Cl2N2O.ClH/c15-12-2-1-3-13(16)11(12)6-9-18-14(19)10-4-7-17-8-5-10;/h1-3,10,17H,4-9H2,(H,18,19);1H. The van der Waals surface area contributed by atoms with E-state index in [4.69, 9.17) is 23.2 Å². The molecule has 1 aromatic rings. The van der Waals surface area contributed by atoms with Crippen molar-refractivity contribution < 1.29 is 4.79 Å². The summed E-state index contributed by atoms with van der Waals surface area (Å²) in [6.45, 7) is 2.43. The van der Waals surface area contributed by atoms with E-state index in [0.29, 0.717) is 23.0 Å². The van der Waals surface area contributed by atoms with Crippen molar-refractivity contribution in [2.24, 2.45) is 5.92 Å². The van der Waals surface area contributed by atoms with E-state index in [-0.39, 0.29) is 24.2 Å². The molecule has 6 heteroatoms. The minimum Gasteiger partial charge on any atom is -0.356 e. The van der Waals surface area contributed by atoms with Crippen molar-refractivity contribution in [2.45, 2.75) is 19.3 Å². The lowest BCUT2D eigenvalue weighted by atomic mass is 9.97. The number of halogens is 3. The van der Waals surface area contributed by atoms with E-state index in [0.717, 1.165) is 31.5 Å². The van der Waals surface area contributed by atoms with E-state index in [1.54, 1.807) is 0 Å². The molecule has 1 fully saturated rings. The van der Waals surface area contributed by atoms with Crippen LogP contribution in [0.4, 0.5) is 0 Å². The van der Waals surface area contributed by atoms with Crippen LogP contribution in [-0.2, 0) is 11.2 Å². The third-order valence-electron chi connectivity index (χ3n) is 3.45. The maximum absolute atomic E-state index is 12.0. The van der Waals surface area contributed by atoms with Crippen LogP contribution >= 0.6 is 35.6 Å². The van der Waals surface area contributed by atoms with Gasteiger partial charge in [-0.25, -0.2) is 0 Å². The topological polar surface area (TPSA) is 41.1 Å². The van der Waals surface area contributed by atoms with Crippen LogP contribution < -0.4 is 10.6 Å². The van der Waals surface area contributed by atoms with Gasteiger partial charge in [-0.2, -0.15) is 0 Å². The highest BCUT2D eigenvalue weighted by Crippen LogP contribution is 2.24. The summed E-state index contributed by atoms with van der Waals surface area (Å²) in [7, 11) is 0. The molecule has 0 atom stereocenters. The van der Waals surface area contributed by atoms with Gasteiger partial charge in [-0.15, -0.1) is 12.4 Å². The van der Waals surface area contributed by atoms with Crippen molar-refractivity contribution in [1.29, 1.82) is 0 Å². The maximum Gasteiger partial charge on any atom is 0.223 e. The van der Waals surface area contributed by atoms with Crippen LogP contribution in [-0.4, -0.2) is 25.5 Å². The lowest BCUT2D eigenvalue weighted by Crippen LogP contribution is -2.38. The van der Waals surface area contributed by atoms with Gasteiger partial charge in [0.1, 0.15) is 0 Å². The number of benzene rings is 1. The van der Waals surface area contributed by atoms with Crippen LogP contribution in [0.5, 0.6) is 0 Å². The van der Waals surface area contributed by atoms with Crippen LogP contribution in [0.1, 0.15) is 18.4 Å². The van der Waals surface area contributed by atoms with Gasteiger partial charge in [0.05, 0.1) is 0 Å². The fourth-order valence-electron chi connectivity index (χ4n) is 2.31. The minimum absolute atomic E-state index is 0. The summed E-state index contributed by atoms with van der Waals surface area (Å²) in [6.07, 6.45) is 2.49. The van der Waals surface area contributed by atoms with E-state index in [1.165, 1.54) is 0 Å². The number of hydrogen-bond donors (Lipinski definition) is 2. The third-order valence-corrected chi connectivity index (χ3v) is 4.15. The van der Waals surface area contributed by atoms with E-state index in [1.807, 2.05) is 18.2 Å². The Kier molecular flexibility index (Phi) is 7.67. The summed E-state index contributed by atoms with van der Waals surface area (Å²) in [4.78, 5) is 12.0. The normalized spacial score (nSPS) is 15.5. The Bertz CT molecular complexity index is 428. The molecule has 1 aliphatic heterocycles. The van der Waals surface area contributed by atoms with Gasteiger partial charge < -0.3 is 10.6 Å². The van der Waals surface area contributed by atoms with Crippen molar-refractivity contribution in [1.82, 2.24) is 10.6 Å². The summed E-state index contributed by atoms with van der Waals surface area (Å²) < 4.78 is 0. The fourth-order valence-corrected chi connectivity index (χ4v) is 2.90. The monoisotopic (exact) mass is 336 g/mol. The summed E-state index contributed by atoms with van der Waals surface area (Å²) in [5, 5.41) is 7.54. The second-order valence-electron chi connectivity index (χ2n) is 4.77. The Morgan fingerprint density at radius 1 is 1.25 bits per heavy atom. The van der Waals surface area contributed by atoms with Gasteiger partial charge >= 0.3 is 0 Å². The van der Waals surface area contributed by atoms with E-state index < -0.39 is 0 Å². The van der Waals surface area contributed by atoms with Crippen LogP contribution in [0, 0.1) is 5.92 Å². The molecule has 1 heterocycles. The Morgan fingerprint density at radius 3 is 2.45 bits per heavy atom. The first-order valence-electron chi connectivity index (χ1n) is 6.60. The number of carbonyl (C=O) groups excluding carboxylic acids is 1. The molecule has 0 unspecified atom stereocenters. The molecule has 1 saturated heterocycles. The summed E-state index contributed by atoms with van der Waals surface area (Å²) in [5.41, 5.74) is 0.899. The molecule has 20 heavy (non-hydrogen) atoms. The molecule has 0 aromatic heterocycles. The molecule has 3 nitrogen and oxygen atoms in total. The predicted molar refractivity (Wildman–Crippen MR) is 86.0 cm³/mol. The molecule has 0 bridgehead atoms. The van der Waals surface area contributed by atoms with Crippen molar-refractivity contribution >= 4 is 41.5 Å². The van der Waals surface area contributed by atoms with Gasteiger partial charge in [0, 0.05) is 22.5 Å². The Labute approximate surface area is 135 Å². The lowest BCUT2D eigenvalue weighted by Gasteiger charge is -2.21. The molecule has 0 radical (unpaired) electrons. The summed E-state index contributed by atoms with van der Waals surface area (Å²) in [5.74, 6) is 0.285. The molecular formula is C14H19Cl3N2O. The van der Waals surface area contributed by atoms with Crippen LogP contribution in [0.3, 0.4) is 0 Å². The molecule has 2 N–H and O–H groups in total. The first-order chi connectivity index (χ1) is 9.18. The Balaban J connectivity index is 0.00000200. The largest absolute Gasteiger partial charge is 0.356 e. The van der Waals surface area contributed by atoms with Gasteiger partial charge in [-0.3, -0.25) is 4.79 Å². The quantitative estimate of drug-likeness (QED) is 0.886. The zero-order valence-corrected chi connectivity index (χ0v) is 13.5. The van der Waals surface area contributed by atoms with E-state index in [2.05, 4.69) is 10.6 Å². The number of nitrogens with one attached hydrogen (secondary N) is 2. The average Bonchev–Trinajstić information content (AvgIpc) is 2.43. The van der Waals surface area contributed by atoms with Crippen LogP contribution in [0.15, 0.2) is 18.2 Å². The average molecular weight is 338 g/mol. The van der Waals surface area contributed by atoms with Gasteiger partial charge in [-0.05, 0) is 50.0 Å².